The zero-order valence-corrected chi connectivity index (χ0v) is 13.9. The fraction of sp³-hybridized carbons (Fsp3) is 0.647. The maximum Gasteiger partial charge on any atom is 0.0438 e. The molecule has 1 saturated carbocycles. The molecule has 1 aromatic rings. The number of rotatable bonds is 3. The lowest BCUT2D eigenvalue weighted by atomic mass is 9.92. The fourth-order valence-corrected chi connectivity index (χ4v) is 3.94. The number of nitrogens with one attached hydrogen (secondary N) is 1. The summed E-state index contributed by atoms with van der Waals surface area (Å²) in [6.45, 7) is 13.7. The van der Waals surface area contributed by atoms with Crippen molar-refractivity contribution in [2.75, 3.05) is 7.05 Å². The first-order chi connectivity index (χ1) is 8.64. The van der Waals surface area contributed by atoms with Crippen LogP contribution in [0.2, 0.25) is 5.02 Å². The highest BCUT2D eigenvalue weighted by Crippen LogP contribution is 2.72. The topological polar surface area (TPSA) is 12.0 Å². The molecule has 2 rings (SSSR count). The van der Waals surface area contributed by atoms with Crippen LogP contribution in [0.25, 0.3) is 0 Å². The lowest BCUT2D eigenvalue weighted by Gasteiger charge is -2.22. The van der Waals surface area contributed by atoms with E-state index in [1.807, 2.05) is 0 Å². The van der Waals surface area contributed by atoms with Crippen molar-refractivity contribution >= 4 is 11.6 Å². The molecule has 19 heavy (non-hydrogen) atoms. The molecule has 0 saturated heterocycles. The molecule has 1 aliphatic rings. The second-order valence-corrected chi connectivity index (χ2v) is 7.55. The molecule has 0 radical (unpaired) electrons. The third-order valence-corrected chi connectivity index (χ3v) is 6.07. The Bertz CT molecular complexity index is 488. The van der Waals surface area contributed by atoms with Gasteiger partial charge < -0.3 is 5.32 Å². The Morgan fingerprint density at radius 3 is 2.00 bits per heavy atom. The van der Waals surface area contributed by atoms with Gasteiger partial charge in [0.2, 0.25) is 0 Å². The van der Waals surface area contributed by atoms with Crippen LogP contribution in [0.4, 0.5) is 0 Å². The van der Waals surface area contributed by atoms with Gasteiger partial charge in [0.15, 0.2) is 0 Å². The van der Waals surface area contributed by atoms with Gasteiger partial charge in [-0.15, -0.1) is 0 Å². The predicted octanol–water partition coefficient (Wildman–Crippen LogP) is 4.90. The van der Waals surface area contributed by atoms with E-state index in [9.17, 15) is 0 Å². The summed E-state index contributed by atoms with van der Waals surface area (Å²) < 4.78 is 0. The number of hydrogen-bond acceptors (Lipinski definition) is 1. The van der Waals surface area contributed by atoms with Gasteiger partial charge >= 0.3 is 0 Å². The third-order valence-electron chi connectivity index (χ3n) is 5.66. The average molecular weight is 280 g/mol. The fourth-order valence-electron chi connectivity index (χ4n) is 3.72. The minimum absolute atomic E-state index is 0.376. The quantitative estimate of drug-likeness (QED) is 0.830. The Balaban J connectivity index is 2.43. The Kier molecular flexibility index (Phi) is 3.52. The maximum absolute atomic E-state index is 6.22. The molecule has 0 bridgehead atoms. The molecule has 1 N–H and O–H groups in total. The molecule has 0 amide bonds. The van der Waals surface area contributed by atoms with Gasteiger partial charge in [-0.05, 0) is 60.4 Å². The summed E-state index contributed by atoms with van der Waals surface area (Å²) >= 11 is 6.22. The summed E-state index contributed by atoms with van der Waals surface area (Å²) in [6, 6.07) is 4.75. The van der Waals surface area contributed by atoms with Crippen molar-refractivity contribution < 1.29 is 0 Å². The molecule has 1 aromatic carbocycles. The van der Waals surface area contributed by atoms with E-state index < -0.39 is 0 Å². The van der Waals surface area contributed by atoms with Gasteiger partial charge in [-0.25, -0.2) is 0 Å². The summed E-state index contributed by atoms with van der Waals surface area (Å²) in [5.74, 6) is 0.657. The molecule has 0 aromatic heterocycles. The summed E-state index contributed by atoms with van der Waals surface area (Å²) in [4.78, 5) is 0. The van der Waals surface area contributed by atoms with Crippen LogP contribution in [-0.4, -0.2) is 7.05 Å². The van der Waals surface area contributed by atoms with Gasteiger partial charge in [-0.3, -0.25) is 0 Å². The van der Waals surface area contributed by atoms with E-state index in [-0.39, 0.29) is 0 Å². The Hall–Kier alpha value is -0.530. The summed E-state index contributed by atoms with van der Waals surface area (Å²) in [5, 5.41) is 4.40. The van der Waals surface area contributed by atoms with Crippen LogP contribution in [-0.2, 0) is 0 Å². The van der Waals surface area contributed by atoms with Crippen LogP contribution >= 0.6 is 11.6 Å². The summed E-state index contributed by atoms with van der Waals surface area (Å²) in [7, 11) is 2.07. The highest BCUT2D eigenvalue weighted by Gasteiger charge is 2.67. The number of hydrogen-bond donors (Lipinski definition) is 1. The van der Waals surface area contributed by atoms with Crippen molar-refractivity contribution in [3.63, 3.8) is 0 Å². The van der Waals surface area contributed by atoms with Crippen molar-refractivity contribution in [2.45, 2.75) is 47.6 Å². The Labute approximate surface area is 122 Å². The van der Waals surface area contributed by atoms with E-state index >= 15 is 0 Å². The van der Waals surface area contributed by atoms with Crippen molar-refractivity contribution in [3.8, 4) is 0 Å². The molecule has 0 spiro atoms. The SMILES string of the molecule is CNC(c1cc(C)c(Cl)cc1C)C1C(C)(C)C1(C)C. The van der Waals surface area contributed by atoms with E-state index in [0.29, 0.717) is 22.8 Å². The molecular weight excluding hydrogens is 254 g/mol. The zero-order chi connectivity index (χ0) is 14.6. The molecule has 1 nitrogen and oxygen atoms in total. The monoisotopic (exact) mass is 279 g/mol. The van der Waals surface area contributed by atoms with Gasteiger partial charge in [0.1, 0.15) is 0 Å². The first kappa shape index (κ1) is 14.9. The molecule has 106 valence electrons. The van der Waals surface area contributed by atoms with Crippen molar-refractivity contribution in [2.24, 2.45) is 16.7 Å². The Morgan fingerprint density at radius 2 is 1.58 bits per heavy atom. The zero-order valence-electron chi connectivity index (χ0n) is 13.2. The smallest absolute Gasteiger partial charge is 0.0438 e. The molecular formula is C17H26ClN. The Morgan fingerprint density at radius 1 is 1.05 bits per heavy atom. The van der Waals surface area contributed by atoms with Crippen molar-refractivity contribution in [1.82, 2.24) is 5.32 Å². The minimum Gasteiger partial charge on any atom is -0.313 e. The van der Waals surface area contributed by atoms with E-state index in [0.717, 1.165) is 5.02 Å². The molecule has 1 unspecified atom stereocenters. The number of benzene rings is 1. The first-order valence-corrected chi connectivity index (χ1v) is 7.46. The number of aryl methyl sites for hydroxylation is 2. The highest BCUT2D eigenvalue weighted by molar-refractivity contribution is 6.31. The normalized spacial score (nSPS) is 22.3. The van der Waals surface area contributed by atoms with Crippen molar-refractivity contribution in [3.05, 3.63) is 33.8 Å². The largest absolute Gasteiger partial charge is 0.313 e. The molecule has 1 fully saturated rings. The highest BCUT2D eigenvalue weighted by atomic mass is 35.5. The van der Waals surface area contributed by atoms with Gasteiger partial charge in [-0.2, -0.15) is 0 Å². The number of halogens is 1. The molecule has 0 heterocycles. The predicted molar refractivity (Wildman–Crippen MR) is 83.8 cm³/mol. The molecule has 2 heteroatoms. The standard InChI is InChI=1S/C17H26ClN/c1-10-9-13(18)11(2)8-12(10)14(19-7)15-16(3,4)17(15,5)6/h8-9,14-15,19H,1-7H3. The second-order valence-electron chi connectivity index (χ2n) is 7.15. The second kappa shape index (κ2) is 4.49. The third kappa shape index (κ3) is 2.11. The van der Waals surface area contributed by atoms with E-state index in [1.165, 1.54) is 16.7 Å². The first-order valence-electron chi connectivity index (χ1n) is 7.08. The van der Waals surface area contributed by atoms with Gasteiger partial charge in [-0.1, -0.05) is 45.4 Å². The van der Waals surface area contributed by atoms with Gasteiger partial charge in [0.05, 0.1) is 0 Å². The average Bonchev–Trinajstić information content (AvgIpc) is 2.69. The molecule has 1 aliphatic carbocycles. The van der Waals surface area contributed by atoms with Crippen LogP contribution in [0, 0.1) is 30.6 Å². The van der Waals surface area contributed by atoms with Gasteiger partial charge in [0.25, 0.3) is 0 Å². The van der Waals surface area contributed by atoms with Gasteiger partial charge in [0, 0.05) is 11.1 Å². The van der Waals surface area contributed by atoms with E-state index in [2.05, 4.69) is 66.0 Å². The van der Waals surface area contributed by atoms with Crippen LogP contribution < -0.4 is 5.32 Å². The lowest BCUT2D eigenvalue weighted by Crippen LogP contribution is -2.22. The molecule has 0 aliphatic heterocycles. The van der Waals surface area contributed by atoms with Crippen LogP contribution in [0.1, 0.15) is 50.4 Å². The minimum atomic E-state index is 0.376. The van der Waals surface area contributed by atoms with Crippen molar-refractivity contribution in [1.29, 1.82) is 0 Å². The maximum atomic E-state index is 6.22. The van der Waals surface area contributed by atoms with Crippen LogP contribution in [0.3, 0.4) is 0 Å². The summed E-state index contributed by atoms with van der Waals surface area (Å²) in [5.41, 5.74) is 4.60. The van der Waals surface area contributed by atoms with E-state index in [1.54, 1.807) is 0 Å². The summed E-state index contributed by atoms with van der Waals surface area (Å²) in [6.07, 6.45) is 0. The van der Waals surface area contributed by atoms with E-state index in [4.69, 9.17) is 11.6 Å². The lowest BCUT2D eigenvalue weighted by molar-refractivity contribution is 0.436. The molecule has 1 atom stereocenters. The van der Waals surface area contributed by atoms with Crippen LogP contribution in [0.5, 0.6) is 0 Å². The van der Waals surface area contributed by atoms with Crippen LogP contribution in [0.15, 0.2) is 12.1 Å².